The molecule has 0 saturated carbocycles. The molecular formula is C25H18FN3O3S. The number of rotatable bonds is 3. The van der Waals surface area contributed by atoms with Crippen molar-refractivity contribution < 1.29 is 17.5 Å². The lowest BCUT2D eigenvalue weighted by molar-refractivity contribution is 0.357. The molecule has 2 aliphatic heterocycles. The maximum absolute atomic E-state index is 14.1. The molecule has 0 aromatic heterocycles. The van der Waals surface area contributed by atoms with Gasteiger partial charge in [-0.2, -0.15) is 5.26 Å². The van der Waals surface area contributed by atoms with Crippen LogP contribution in [0.5, 0.6) is 0 Å². The first kappa shape index (κ1) is 20.8. The van der Waals surface area contributed by atoms with Crippen molar-refractivity contribution >= 4 is 21.5 Å². The Morgan fingerprint density at radius 2 is 1.67 bits per heavy atom. The number of fused-ring (bicyclic) bond motifs is 2. The van der Waals surface area contributed by atoms with Crippen LogP contribution in [0.15, 0.2) is 95.2 Å². The van der Waals surface area contributed by atoms with Crippen molar-refractivity contribution in [2.45, 2.75) is 12.5 Å². The molecule has 164 valence electrons. The molecule has 0 fully saturated rings. The molecule has 3 aromatic carbocycles. The number of halogens is 1. The molecule has 33 heavy (non-hydrogen) atoms. The van der Waals surface area contributed by atoms with Gasteiger partial charge >= 0.3 is 0 Å². The van der Waals surface area contributed by atoms with Crippen LogP contribution in [0.25, 0.3) is 5.76 Å². The standard InChI is InChI=1S/C25H18FN3O3S/c26-18-12-10-17(11-13-18)22-20(14-27)25(28)32-23-19-8-4-5-9-21(19)29(33(30,31)24(22)23)15-16-6-2-1-3-7-16/h1-13,22H,15,28H2. The molecule has 0 aliphatic carbocycles. The van der Waals surface area contributed by atoms with Gasteiger partial charge in [0.2, 0.25) is 5.88 Å². The minimum Gasteiger partial charge on any atom is -0.439 e. The summed E-state index contributed by atoms with van der Waals surface area (Å²) in [5.74, 6) is -1.60. The van der Waals surface area contributed by atoms with Gasteiger partial charge in [-0.25, -0.2) is 12.8 Å². The number of allylic oxidation sites excluding steroid dienone is 2. The summed E-state index contributed by atoms with van der Waals surface area (Å²) in [6, 6.07) is 23.6. The number of nitrogens with two attached hydrogens (primary N) is 1. The van der Waals surface area contributed by atoms with Gasteiger partial charge in [0.25, 0.3) is 10.0 Å². The van der Waals surface area contributed by atoms with Gasteiger partial charge in [-0.15, -0.1) is 0 Å². The number of para-hydroxylation sites is 1. The lowest BCUT2D eigenvalue weighted by Crippen LogP contribution is -2.39. The Morgan fingerprint density at radius 3 is 2.36 bits per heavy atom. The van der Waals surface area contributed by atoms with Gasteiger partial charge in [-0.3, -0.25) is 4.31 Å². The highest BCUT2D eigenvalue weighted by molar-refractivity contribution is 7.96. The molecule has 0 amide bonds. The predicted molar refractivity (Wildman–Crippen MR) is 122 cm³/mol. The molecule has 1 unspecified atom stereocenters. The quantitative estimate of drug-likeness (QED) is 0.628. The summed E-state index contributed by atoms with van der Waals surface area (Å²) in [7, 11) is -4.16. The highest BCUT2D eigenvalue weighted by atomic mass is 32.2. The second-order valence-electron chi connectivity index (χ2n) is 7.68. The molecule has 2 heterocycles. The number of nitriles is 1. The molecule has 8 heteroatoms. The van der Waals surface area contributed by atoms with Crippen molar-refractivity contribution in [1.82, 2.24) is 0 Å². The van der Waals surface area contributed by atoms with E-state index in [0.717, 1.165) is 5.56 Å². The SMILES string of the molecule is N#CC1=C(N)OC2=C(C1c1ccc(F)cc1)S(=O)(=O)N(Cc1ccccc1)c1ccccc12. The summed E-state index contributed by atoms with van der Waals surface area (Å²) in [6.07, 6.45) is 0. The maximum Gasteiger partial charge on any atom is 0.265 e. The fraction of sp³-hybridized carbons (Fsp3) is 0.0800. The number of benzene rings is 3. The first-order chi connectivity index (χ1) is 15.9. The van der Waals surface area contributed by atoms with E-state index in [1.54, 1.807) is 24.3 Å². The summed E-state index contributed by atoms with van der Waals surface area (Å²) in [5, 5.41) is 9.83. The van der Waals surface area contributed by atoms with Crippen molar-refractivity contribution in [3.8, 4) is 6.07 Å². The predicted octanol–water partition coefficient (Wildman–Crippen LogP) is 4.35. The average molecular weight is 460 g/mol. The van der Waals surface area contributed by atoms with Gasteiger partial charge in [0, 0.05) is 5.56 Å². The number of hydrogen-bond donors (Lipinski definition) is 1. The molecule has 3 aromatic rings. The van der Waals surface area contributed by atoms with Crippen LogP contribution in [0.3, 0.4) is 0 Å². The molecule has 1 atom stereocenters. The molecule has 2 aliphatic rings. The van der Waals surface area contributed by atoms with Crippen LogP contribution in [0.2, 0.25) is 0 Å². The first-order valence-electron chi connectivity index (χ1n) is 10.1. The third-order valence-corrected chi connectivity index (χ3v) is 7.61. The van der Waals surface area contributed by atoms with Crippen molar-refractivity contribution in [2.75, 3.05) is 4.31 Å². The van der Waals surface area contributed by atoms with Gasteiger partial charge in [-0.1, -0.05) is 54.6 Å². The molecule has 2 N–H and O–H groups in total. The van der Waals surface area contributed by atoms with Crippen molar-refractivity contribution in [3.63, 3.8) is 0 Å². The zero-order valence-corrected chi connectivity index (χ0v) is 18.1. The second kappa shape index (κ2) is 7.80. The van der Waals surface area contributed by atoms with Crippen molar-refractivity contribution in [1.29, 1.82) is 5.26 Å². The van der Waals surface area contributed by atoms with E-state index in [9.17, 15) is 18.1 Å². The molecule has 0 radical (unpaired) electrons. The van der Waals surface area contributed by atoms with Crippen LogP contribution >= 0.6 is 0 Å². The number of anilines is 1. The van der Waals surface area contributed by atoms with E-state index in [1.807, 2.05) is 36.4 Å². The zero-order chi connectivity index (χ0) is 23.2. The second-order valence-corrected chi connectivity index (χ2v) is 9.51. The number of hydrogen-bond acceptors (Lipinski definition) is 5. The van der Waals surface area contributed by atoms with E-state index in [2.05, 4.69) is 0 Å². The van der Waals surface area contributed by atoms with Gasteiger partial charge in [0.1, 0.15) is 22.4 Å². The van der Waals surface area contributed by atoms with Gasteiger partial charge < -0.3 is 10.5 Å². The Hall–Kier alpha value is -4.09. The smallest absolute Gasteiger partial charge is 0.265 e. The van der Waals surface area contributed by atoms with E-state index < -0.39 is 21.8 Å². The fourth-order valence-electron chi connectivity index (χ4n) is 4.22. The van der Waals surface area contributed by atoms with E-state index in [0.29, 0.717) is 16.8 Å². The number of nitrogens with zero attached hydrogens (tertiary/aromatic N) is 2. The summed E-state index contributed by atoms with van der Waals surface area (Å²) >= 11 is 0. The van der Waals surface area contributed by atoms with Crippen LogP contribution in [-0.2, 0) is 21.3 Å². The Morgan fingerprint density at radius 1 is 1.00 bits per heavy atom. The highest BCUT2D eigenvalue weighted by Gasteiger charge is 2.47. The Balaban J connectivity index is 1.77. The summed E-state index contributed by atoms with van der Waals surface area (Å²) < 4.78 is 48.9. The number of sulfonamides is 1. The summed E-state index contributed by atoms with van der Waals surface area (Å²) in [4.78, 5) is -0.0884. The molecule has 0 spiro atoms. The van der Waals surface area contributed by atoms with Crippen LogP contribution in [0.4, 0.5) is 10.1 Å². The largest absolute Gasteiger partial charge is 0.439 e. The minimum atomic E-state index is -4.16. The number of ether oxygens (including phenoxy) is 1. The van der Waals surface area contributed by atoms with E-state index in [-0.39, 0.29) is 28.7 Å². The molecule has 0 saturated heterocycles. The maximum atomic E-state index is 14.1. The van der Waals surface area contributed by atoms with E-state index in [4.69, 9.17) is 10.5 Å². The lowest BCUT2D eigenvalue weighted by atomic mass is 9.88. The Kier molecular flexibility index (Phi) is 4.91. The minimum absolute atomic E-state index is 0.0389. The molecule has 6 nitrogen and oxygen atoms in total. The Bertz CT molecular complexity index is 1460. The first-order valence-corrected chi connectivity index (χ1v) is 11.6. The third kappa shape index (κ3) is 3.34. The Labute approximate surface area is 190 Å². The van der Waals surface area contributed by atoms with E-state index in [1.165, 1.54) is 28.6 Å². The van der Waals surface area contributed by atoms with Crippen LogP contribution in [-0.4, -0.2) is 8.42 Å². The van der Waals surface area contributed by atoms with Gasteiger partial charge in [-0.05, 0) is 35.4 Å². The lowest BCUT2D eigenvalue weighted by Gasteiger charge is -2.38. The van der Waals surface area contributed by atoms with Crippen LogP contribution < -0.4 is 10.0 Å². The molecule has 0 bridgehead atoms. The molecular weight excluding hydrogens is 441 g/mol. The fourth-order valence-corrected chi connectivity index (χ4v) is 6.13. The molecule has 5 rings (SSSR count). The van der Waals surface area contributed by atoms with Gasteiger partial charge in [0.05, 0.1) is 18.2 Å². The zero-order valence-electron chi connectivity index (χ0n) is 17.3. The normalized spacial score (nSPS) is 18.8. The summed E-state index contributed by atoms with van der Waals surface area (Å²) in [5.41, 5.74) is 8.26. The summed E-state index contributed by atoms with van der Waals surface area (Å²) in [6.45, 7) is 0.0915. The van der Waals surface area contributed by atoms with Crippen molar-refractivity contribution in [2.24, 2.45) is 5.73 Å². The van der Waals surface area contributed by atoms with Gasteiger partial charge in [0.15, 0.2) is 5.76 Å². The average Bonchev–Trinajstić information content (AvgIpc) is 2.82. The van der Waals surface area contributed by atoms with E-state index >= 15 is 0 Å². The van der Waals surface area contributed by atoms with Crippen LogP contribution in [0.1, 0.15) is 22.6 Å². The third-order valence-electron chi connectivity index (χ3n) is 5.73. The highest BCUT2D eigenvalue weighted by Crippen LogP contribution is 2.51. The topological polar surface area (TPSA) is 96.4 Å². The monoisotopic (exact) mass is 459 g/mol. The van der Waals surface area contributed by atoms with Crippen LogP contribution in [0, 0.1) is 17.1 Å². The van der Waals surface area contributed by atoms with Crippen molar-refractivity contribution in [3.05, 3.63) is 118 Å².